The quantitative estimate of drug-likeness (QED) is 0.529. The molecule has 1 saturated heterocycles. The number of aromatic amines is 2. The van der Waals surface area contributed by atoms with Crippen LogP contribution in [0.3, 0.4) is 0 Å². The second kappa shape index (κ2) is 6.31. The maximum absolute atomic E-state index is 11.4. The highest BCUT2D eigenvalue weighted by molar-refractivity contribution is 5.89. The summed E-state index contributed by atoms with van der Waals surface area (Å²) in [7, 11) is 1.45. The van der Waals surface area contributed by atoms with E-state index in [-0.39, 0.29) is 5.69 Å². The molecule has 1 aliphatic heterocycles. The summed E-state index contributed by atoms with van der Waals surface area (Å²) in [5.74, 6) is 0.412. The van der Waals surface area contributed by atoms with E-state index in [0.717, 1.165) is 5.39 Å². The number of ether oxygens (including phenoxy) is 3. The number of aliphatic hydroxyl groups is 2. The van der Waals surface area contributed by atoms with E-state index in [1.807, 2.05) is 0 Å². The van der Waals surface area contributed by atoms with Crippen molar-refractivity contribution < 1.29 is 24.4 Å². The fraction of sp³-hybridized carbons (Fsp3) is 0.444. The van der Waals surface area contributed by atoms with E-state index in [1.54, 1.807) is 38.1 Å². The van der Waals surface area contributed by atoms with Crippen molar-refractivity contribution in [3.63, 3.8) is 0 Å². The van der Waals surface area contributed by atoms with E-state index >= 15 is 0 Å². The Hall–Kier alpha value is -2.46. The third-order valence-corrected chi connectivity index (χ3v) is 4.82. The van der Waals surface area contributed by atoms with Gasteiger partial charge in [-0.2, -0.15) is 0 Å². The Labute approximate surface area is 153 Å². The van der Waals surface area contributed by atoms with E-state index in [0.29, 0.717) is 22.4 Å². The number of rotatable bonds is 3. The van der Waals surface area contributed by atoms with Crippen molar-refractivity contribution in [2.75, 3.05) is 7.11 Å². The van der Waals surface area contributed by atoms with Crippen molar-refractivity contribution in [2.45, 2.75) is 44.1 Å². The highest BCUT2D eigenvalue weighted by Gasteiger charge is 2.50. The first kappa shape index (κ1) is 17.9. The molecule has 144 valence electrons. The van der Waals surface area contributed by atoms with Crippen LogP contribution in [0.25, 0.3) is 22.1 Å². The Morgan fingerprint density at radius 3 is 2.70 bits per heavy atom. The first-order valence-electron chi connectivity index (χ1n) is 8.55. The number of methoxy groups -OCH3 is 1. The Morgan fingerprint density at radius 2 is 1.96 bits per heavy atom. The van der Waals surface area contributed by atoms with Crippen molar-refractivity contribution in [3.05, 3.63) is 34.7 Å². The van der Waals surface area contributed by atoms with Gasteiger partial charge in [0, 0.05) is 18.6 Å². The van der Waals surface area contributed by atoms with Gasteiger partial charge in [-0.15, -0.1) is 0 Å². The zero-order valence-corrected chi connectivity index (χ0v) is 15.1. The molecule has 2 aromatic heterocycles. The first-order valence-corrected chi connectivity index (χ1v) is 8.55. The Morgan fingerprint density at radius 1 is 1.19 bits per heavy atom. The van der Waals surface area contributed by atoms with Crippen LogP contribution in [0.4, 0.5) is 0 Å². The molecule has 9 heteroatoms. The number of hydrogen-bond donors (Lipinski definition) is 4. The molecule has 1 unspecified atom stereocenters. The number of imidazole rings is 1. The summed E-state index contributed by atoms with van der Waals surface area (Å²) < 4.78 is 16.9. The standard InChI is InChI=1S/C18H21N3O6/c1-18(2)14(25-3)12(22)13(23)16(27-18)26-9-5-4-8-6-11-15(19-10(8)7-9)21-17(24)20-11/h4-7,12-14,16,22-23H,1-3H3,(H2,19,20,21,24)/t12-,13?,14-,16-/m1/s1. The Bertz CT molecular complexity index is 1040. The average Bonchev–Trinajstić information content (AvgIpc) is 2.96. The minimum atomic E-state index is -1.28. The molecule has 0 saturated carbocycles. The summed E-state index contributed by atoms with van der Waals surface area (Å²) in [6.45, 7) is 3.51. The van der Waals surface area contributed by atoms with Gasteiger partial charge in [-0.1, -0.05) is 0 Å². The highest BCUT2D eigenvalue weighted by atomic mass is 16.7. The number of benzene rings is 1. The van der Waals surface area contributed by atoms with Gasteiger partial charge in [-0.3, -0.25) is 4.98 Å². The molecule has 4 N–H and O–H groups in total. The van der Waals surface area contributed by atoms with Crippen LogP contribution < -0.4 is 10.4 Å². The lowest BCUT2D eigenvalue weighted by atomic mass is 9.89. The molecule has 0 radical (unpaired) electrons. The van der Waals surface area contributed by atoms with Gasteiger partial charge in [0.25, 0.3) is 0 Å². The van der Waals surface area contributed by atoms with Crippen molar-refractivity contribution in [1.82, 2.24) is 15.0 Å². The highest BCUT2D eigenvalue weighted by Crippen LogP contribution is 2.33. The largest absolute Gasteiger partial charge is 0.462 e. The molecule has 1 fully saturated rings. The molecule has 1 aliphatic rings. The van der Waals surface area contributed by atoms with E-state index in [2.05, 4.69) is 15.0 Å². The van der Waals surface area contributed by atoms with Gasteiger partial charge in [-0.05, 0) is 32.0 Å². The number of aromatic nitrogens is 3. The molecule has 0 bridgehead atoms. The fourth-order valence-electron chi connectivity index (χ4n) is 3.51. The molecular formula is C18H21N3O6. The van der Waals surface area contributed by atoms with Crippen LogP contribution in [0.1, 0.15) is 13.8 Å². The molecule has 0 spiro atoms. The average molecular weight is 375 g/mol. The zero-order chi connectivity index (χ0) is 19.3. The third-order valence-electron chi connectivity index (χ3n) is 4.82. The van der Waals surface area contributed by atoms with Gasteiger partial charge in [-0.25, -0.2) is 9.78 Å². The molecule has 0 amide bonds. The summed E-state index contributed by atoms with van der Waals surface area (Å²) in [5.41, 5.74) is 0.479. The number of pyridine rings is 1. The van der Waals surface area contributed by atoms with Crippen LogP contribution in [0.5, 0.6) is 5.75 Å². The minimum Gasteiger partial charge on any atom is -0.462 e. The van der Waals surface area contributed by atoms with Gasteiger partial charge >= 0.3 is 5.69 Å². The SMILES string of the molecule is CO[C@@H]1[C@H](O)C(O)[C@H](Oc2ccc3cc4[nH]c(=O)[nH]c4nc3c2)OC1(C)C. The van der Waals surface area contributed by atoms with Gasteiger partial charge in [0.2, 0.25) is 6.29 Å². The summed E-state index contributed by atoms with van der Waals surface area (Å²) in [6.07, 6.45) is -4.21. The van der Waals surface area contributed by atoms with Gasteiger partial charge < -0.3 is 29.4 Å². The fourth-order valence-corrected chi connectivity index (χ4v) is 3.51. The molecule has 4 rings (SSSR count). The second-order valence-corrected chi connectivity index (χ2v) is 7.16. The number of fused-ring (bicyclic) bond motifs is 2. The van der Waals surface area contributed by atoms with Crippen LogP contribution in [0.15, 0.2) is 29.1 Å². The Balaban J connectivity index is 1.64. The van der Waals surface area contributed by atoms with Crippen molar-refractivity contribution in [2.24, 2.45) is 0 Å². The van der Waals surface area contributed by atoms with Gasteiger partial charge in [0.05, 0.1) is 16.6 Å². The lowest BCUT2D eigenvalue weighted by Crippen LogP contribution is -2.63. The molecule has 3 heterocycles. The van der Waals surface area contributed by atoms with Crippen LogP contribution in [0, 0.1) is 0 Å². The number of aliphatic hydroxyl groups excluding tert-OH is 2. The zero-order valence-electron chi connectivity index (χ0n) is 15.1. The lowest BCUT2D eigenvalue weighted by Gasteiger charge is -2.46. The summed E-state index contributed by atoms with van der Waals surface area (Å²) in [5, 5.41) is 21.5. The monoisotopic (exact) mass is 375 g/mol. The Kier molecular flexibility index (Phi) is 4.19. The van der Waals surface area contributed by atoms with Gasteiger partial charge in [0.15, 0.2) is 5.65 Å². The number of H-pyrrole nitrogens is 2. The topological polar surface area (TPSA) is 130 Å². The predicted octanol–water partition coefficient (Wildman–Crippen LogP) is 0.655. The lowest BCUT2D eigenvalue weighted by molar-refractivity contribution is -0.305. The predicted molar refractivity (Wildman–Crippen MR) is 96.6 cm³/mol. The third kappa shape index (κ3) is 3.08. The molecular weight excluding hydrogens is 354 g/mol. The second-order valence-electron chi connectivity index (χ2n) is 7.16. The minimum absolute atomic E-state index is 0.327. The molecule has 0 aliphatic carbocycles. The van der Waals surface area contributed by atoms with Crippen molar-refractivity contribution in [1.29, 1.82) is 0 Å². The molecule has 3 aromatic rings. The van der Waals surface area contributed by atoms with Gasteiger partial charge in [0.1, 0.15) is 24.1 Å². The number of nitrogens with zero attached hydrogens (tertiary/aromatic N) is 1. The molecule has 27 heavy (non-hydrogen) atoms. The normalized spacial score (nSPS) is 27.9. The summed E-state index contributed by atoms with van der Waals surface area (Å²) >= 11 is 0. The van der Waals surface area contributed by atoms with Crippen LogP contribution >= 0.6 is 0 Å². The first-order chi connectivity index (χ1) is 12.8. The number of hydrogen-bond acceptors (Lipinski definition) is 7. The van der Waals surface area contributed by atoms with Crippen molar-refractivity contribution >= 4 is 22.1 Å². The van der Waals surface area contributed by atoms with E-state index in [4.69, 9.17) is 14.2 Å². The molecule has 1 aromatic carbocycles. The van der Waals surface area contributed by atoms with Crippen LogP contribution in [0.2, 0.25) is 0 Å². The molecule has 9 nitrogen and oxygen atoms in total. The van der Waals surface area contributed by atoms with E-state index in [1.165, 1.54) is 7.11 Å². The maximum atomic E-state index is 11.4. The molecule has 4 atom stereocenters. The van der Waals surface area contributed by atoms with E-state index in [9.17, 15) is 15.0 Å². The van der Waals surface area contributed by atoms with Crippen molar-refractivity contribution in [3.8, 4) is 5.75 Å². The smallest absolute Gasteiger partial charge is 0.325 e. The number of nitrogens with one attached hydrogen (secondary N) is 2. The van der Waals surface area contributed by atoms with Crippen LogP contribution in [-0.4, -0.2) is 62.5 Å². The van der Waals surface area contributed by atoms with E-state index < -0.39 is 30.2 Å². The maximum Gasteiger partial charge on any atom is 0.325 e. The summed E-state index contributed by atoms with van der Waals surface area (Å²) in [4.78, 5) is 21.1. The summed E-state index contributed by atoms with van der Waals surface area (Å²) in [6, 6.07) is 6.98. The van der Waals surface area contributed by atoms with Crippen LogP contribution in [-0.2, 0) is 9.47 Å².